The topological polar surface area (TPSA) is 51.0 Å². The van der Waals surface area contributed by atoms with Gasteiger partial charge in [0.2, 0.25) is 6.39 Å². The minimum atomic E-state index is 0.378. The van der Waals surface area contributed by atoms with E-state index in [4.69, 9.17) is 4.52 Å². The van der Waals surface area contributed by atoms with Crippen LogP contribution in [0.3, 0.4) is 0 Å². The molecule has 1 atom stereocenters. The monoisotopic (exact) mass is 247 g/mol. The summed E-state index contributed by atoms with van der Waals surface area (Å²) < 4.78 is 4.72. The highest BCUT2D eigenvalue weighted by Crippen LogP contribution is 2.31. The molecule has 0 radical (unpaired) electrons. The molecule has 0 saturated heterocycles. The highest BCUT2D eigenvalue weighted by Gasteiger charge is 2.19. The molecule has 0 aliphatic carbocycles. The van der Waals surface area contributed by atoms with Crippen LogP contribution in [0.5, 0.6) is 0 Å². The lowest BCUT2D eigenvalue weighted by Crippen LogP contribution is -2.26. The molecule has 0 amide bonds. The minimum absolute atomic E-state index is 0.378. The van der Waals surface area contributed by atoms with Gasteiger partial charge in [0, 0.05) is 17.5 Å². The summed E-state index contributed by atoms with van der Waals surface area (Å²) in [5, 5.41) is 7.28. The molecule has 1 aromatic carbocycles. The summed E-state index contributed by atoms with van der Waals surface area (Å²) in [6.07, 6.45) is 1.36. The summed E-state index contributed by atoms with van der Waals surface area (Å²) in [6.45, 7) is 0.649. The lowest BCUT2D eigenvalue weighted by molar-refractivity contribution is 0.405. The highest BCUT2D eigenvalue weighted by atomic mass is 32.2. The van der Waals surface area contributed by atoms with Crippen molar-refractivity contribution in [2.24, 2.45) is 0 Å². The third-order valence-corrected chi connectivity index (χ3v) is 3.97. The standard InChI is InChI=1S/C12H13N3OS/c1-2-4-10-9(3-1)6-17-7-11(10)13-5-12-14-8-16-15-12/h1-4,8,11,13H,5-7H2. The van der Waals surface area contributed by atoms with E-state index in [1.165, 1.54) is 17.5 Å². The summed E-state index contributed by atoms with van der Waals surface area (Å²) in [7, 11) is 0. The van der Waals surface area contributed by atoms with Crippen LogP contribution in [0.4, 0.5) is 0 Å². The molecule has 0 spiro atoms. The van der Waals surface area contributed by atoms with Gasteiger partial charge in [-0.15, -0.1) is 0 Å². The fourth-order valence-corrected chi connectivity index (χ4v) is 3.17. The highest BCUT2D eigenvalue weighted by molar-refractivity contribution is 7.98. The molecule has 0 bridgehead atoms. The Morgan fingerprint density at radius 1 is 1.41 bits per heavy atom. The molecule has 1 aliphatic rings. The van der Waals surface area contributed by atoms with Gasteiger partial charge in [0.1, 0.15) is 0 Å². The van der Waals surface area contributed by atoms with E-state index < -0.39 is 0 Å². The van der Waals surface area contributed by atoms with Crippen molar-refractivity contribution in [2.45, 2.75) is 18.3 Å². The van der Waals surface area contributed by atoms with Crippen molar-refractivity contribution >= 4 is 11.8 Å². The number of nitrogens with zero attached hydrogens (tertiary/aromatic N) is 2. The second-order valence-corrected chi connectivity index (χ2v) is 5.03. The molecule has 0 saturated carbocycles. The van der Waals surface area contributed by atoms with Gasteiger partial charge < -0.3 is 9.84 Å². The second kappa shape index (κ2) is 4.89. The largest absolute Gasteiger partial charge is 0.343 e. The van der Waals surface area contributed by atoms with Crippen molar-refractivity contribution in [1.29, 1.82) is 0 Å². The Kier molecular flexibility index (Phi) is 3.11. The number of benzene rings is 1. The zero-order chi connectivity index (χ0) is 11.5. The van der Waals surface area contributed by atoms with Gasteiger partial charge in [0.15, 0.2) is 5.82 Å². The number of aromatic nitrogens is 2. The number of fused-ring (bicyclic) bond motifs is 1. The van der Waals surface area contributed by atoms with Gasteiger partial charge >= 0.3 is 0 Å². The van der Waals surface area contributed by atoms with Crippen molar-refractivity contribution in [3.05, 3.63) is 47.6 Å². The van der Waals surface area contributed by atoms with E-state index in [-0.39, 0.29) is 0 Å². The predicted octanol–water partition coefficient (Wildman–Crippen LogP) is 2.15. The van der Waals surface area contributed by atoms with Crippen LogP contribution in [0.25, 0.3) is 0 Å². The zero-order valence-electron chi connectivity index (χ0n) is 9.30. The fraction of sp³-hybridized carbons (Fsp3) is 0.333. The van der Waals surface area contributed by atoms with Crippen LogP contribution in [0, 0.1) is 0 Å². The molecule has 5 heteroatoms. The Balaban J connectivity index is 1.72. The van der Waals surface area contributed by atoms with Crippen molar-refractivity contribution < 1.29 is 4.52 Å². The first-order chi connectivity index (χ1) is 8.43. The van der Waals surface area contributed by atoms with E-state index in [1.54, 1.807) is 0 Å². The van der Waals surface area contributed by atoms with Crippen molar-refractivity contribution in [3.63, 3.8) is 0 Å². The number of nitrogens with one attached hydrogen (secondary N) is 1. The Labute approximate surface area is 104 Å². The van der Waals surface area contributed by atoms with Crippen LogP contribution in [0.2, 0.25) is 0 Å². The molecule has 3 rings (SSSR count). The van der Waals surface area contributed by atoms with Gasteiger partial charge in [-0.05, 0) is 11.1 Å². The summed E-state index contributed by atoms with van der Waals surface area (Å²) in [4.78, 5) is 4.01. The van der Waals surface area contributed by atoms with Crippen LogP contribution < -0.4 is 5.32 Å². The minimum Gasteiger partial charge on any atom is -0.343 e. The summed E-state index contributed by atoms with van der Waals surface area (Å²) in [5.41, 5.74) is 2.82. The number of hydrogen-bond donors (Lipinski definition) is 1. The summed E-state index contributed by atoms with van der Waals surface area (Å²) >= 11 is 1.96. The maximum atomic E-state index is 4.72. The Bertz CT molecular complexity index is 486. The smallest absolute Gasteiger partial charge is 0.213 e. The summed E-state index contributed by atoms with van der Waals surface area (Å²) in [6, 6.07) is 8.97. The first-order valence-electron chi connectivity index (χ1n) is 5.57. The molecule has 1 N–H and O–H groups in total. The van der Waals surface area contributed by atoms with E-state index in [2.05, 4.69) is 39.7 Å². The molecule has 4 nitrogen and oxygen atoms in total. The lowest BCUT2D eigenvalue weighted by Gasteiger charge is -2.25. The van der Waals surface area contributed by atoms with E-state index in [0.29, 0.717) is 18.4 Å². The quantitative estimate of drug-likeness (QED) is 0.900. The molecular formula is C12H13N3OS. The molecule has 2 aromatic rings. The average molecular weight is 247 g/mol. The maximum absolute atomic E-state index is 4.72. The van der Waals surface area contributed by atoms with Crippen molar-refractivity contribution in [1.82, 2.24) is 15.5 Å². The van der Waals surface area contributed by atoms with Gasteiger partial charge in [-0.3, -0.25) is 0 Å². The average Bonchev–Trinajstić information content (AvgIpc) is 2.89. The van der Waals surface area contributed by atoms with Crippen LogP contribution in [0.1, 0.15) is 23.0 Å². The normalized spacial score (nSPS) is 18.9. The SMILES string of the molecule is c1ccc2c(c1)CSCC2NCc1ncon1. The van der Waals surface area contributed by atoms with Crippen LogP contribution in [0.15, 0.2) is 35.2 Å². The third kappa shape index (κ3) is 2.35. The van der Waals surface area contributed by atoms with Gasteiger partial charge in [0.25, 0.3) is 0 Å². The van der Waals surface area contributed by atoms with E-state index in [9.17, 15) is 0 Å². The molecular weight excluding hydrogens is 234 g/mol. The third-order valence-electron chi connectivity index (χ3n) is 2.89. The number of hydrogen-bond acceptors (Lipinski definition) is 5. The molecule has 1 aromatic heterocycles. The zero-order valence-corrected chi connectivity index (χ0v) is 10.1. The van der Waals surface area contributed by atoms with Gasteiger partial charge in [-0.25, -0.2) is 0 Å². The van der Waals surface area contributed by atoms with Gasteiger partial charge in [-0.2, -0.15) is 16.7 Å². The first kappa shape index (κ1) is 10.8. The Hall–Kier alpha value is -1.33. The van der Waals surface area contributed by atoms with E-state index in [0.717, 1.165) is 11.5 Å². The number of rotatable bonds is 3. The van der Waals surface area contributed by atoms with Crippen molar-refractivity contribution in [2.75, 3.05) is 5.75 Å². The Morgan fingerprint density at radius 3 is 3.24 bits per heavy atom. The van der Waals surface area contributed by atoms with Gasteiger partial charge in [-0.1, -0.05) is 29.4 Å². The van der Waals surface area contributed by atoms with Crippen LogP contribution in [-0.4, -0.2) is 15.9 Å². The van der Waals surface area contributed by atoms with Crippen molar-refractivity contribution in [3.8, 4) is 0 Å². The maximum Gasteiger partial charge on any atom is 0.213 e. The van der Waals surface area contributed by atoms with E-state index >= 15 is 0 Å². The molecule has 88 valence electrons. The predicted molar refractivity (Wildman–Crippen MR) is 66.5 cm³/mol. The van der Waals surface area contributed by atoms with E-state index in [1.807, 2.05) is 11.8 Å². The molecule has 17 heavy (non-hydrogen) atoms. The van der Waals surface area contributed by atoms with Crippen LogP contribution >= 0.6 is 11.8 Å². The Morgan fingerprint density at radius 2 is 2.35 bits per heavy atom. The summed E-state index contributed by atoms with van der Waals surface area (Å²) in [5.74, 6) is 2.91. The first-order valence-corrected chi connectivity index (χ1v) is 6.73. The molecule has 1 unspecified atom stereocenters. The molecule has 0 fully saturated rings. The number of thioether (sulfide) groups is 1. The lowest BCUT2D eigenvalue weighted by atomic mass is 10.0. The molecule has 1 aliphatic heterocycles. The van der Waals surface area contributed by atoms with Crippen LogP contribution in [-0.2, 0) is 12.3 Å². The fourth-order valence-electron chi connectivity index (χ4n) is 2.04. The second-order valence-electron chi connectivity index (χ2n) is 3.99. The molecule has 2 heterocycles. The van der Waals surface area contributed by atoms with Gasteiger partial charge in [0.05, 0.1) is 6.54 Å².